The van der Waals surface area contributed by atoms with Crippen molar-refractivity contribution >= 4 is 11.3 Å². The lowest BCUT2D eigenvalue weighted by molar-refractivity contribution is 0.654. The quantitative estimate of drug-likeness (QED) is 0.773. The van der Waals surface area contributed by atoms with Gasteiger partial charge in [0.05, 0.1) is 12.5 Å². The molecule has 0 radical (unpaired) electrons. The summed E-state index contributed by atoms with van der Waals surface area (Å²) in [5.41, 5.74) is 1.27. The smallest absolute Gasteiger partial charge is 0.0695 e. The summed E-state index contributed by atoms with van der Waals surface area (Å²) in [5, 5.41) is 13.7. The maximum Gasteiger partial charge on any atom is 0.0695 e. The molecule has 1 atom stereocenters. The van der Waals surface area contributed by atoms with Gasteiger partial charge in [0.15, 0.2) is 0 Å². The van der Waals surface area contributed by atoms with Crippen molar-refractivity contribution in [2.75, 3.05) is 7.05 Å². The van der Waals surface area contributed by atoms with E-state index in [1.54, 1.807) is 11.3 Å². The Labute approximate surface area is 76.8 Å². The molecule has 1 aromatic heterocycles. The highest BCUT2D eigenvalue weighted by Crippen LogP contribution is 2.20. The molecule has 2 nitrogen and oxygen atoms in total. The van der Waals surface area contributed by atoms with Gasteiger partial charge in [0.25, 0.3) is 0 Å². The molecule has 1 heterocycles. The Bertz CT molecular complexity index is 285. The molecule has 0 amide bonds. The monoisotopic (exact) mass is 180 g/mol. The van der Waals surface area contributed by atoms with Gasteiger partial charge in [-0.1, -0.05) is 0 Å². The van der Waals surface area contributed by atoms with E-state index < -0.39 is 0 Å². The van der Waals surface area contributed by atoms with Gasteiger partial charge in [0.1, 0.15) is 0 Å². The summed E-state index contributed by atoms with van der Waals surface area (Å²) >= 11 is 1.66. The lowest BCUT2D eigenvalue weighted by Gasteiger charge is -2.05. The van der Waals surface area contributed by atoms with Crippen LogP contribution in [0.3, 0.4) is 0 Å². The van der Waals surface area contributed by atoms with Crippen LogP contribution < -0.4 is 5.32 Å². The summed E-state index contributed by atoms with van der Waals surface area (Å²) in [4.78, 5) is 1.15. The van der Waals surface area contributed by atoms with Crippen LogP contribution in [-0.4, -0.2) is 7.05 Å². The highest BCUT2D eigenvalue weighted by Gasteiger charge is 2.04. The predicted molar refractivity (Wildman–Crippen MR) is 51.1 cm³/mol. The summed E-state index contributed by atoms with van der Waals surface area (Å²) in [6.07, 6.45) is 0.529. The van der Waals surface area contributed by atoms with Crippen molar-refractivity contribution in [3.05, 3.63) is 21.9 Å². The summed E-state index contributed by atoms with van der Waals surface area (Å²) in [5.74, 6) is 0. The Morgan fingerprint density at radius 3 is 3.08 bits per heavy atom. The van der Waals surface area contributed by atoms with Crippen LogP contribution >= 0.6 is 11.3 Å². The van der Waals surface area contributed by atoms with Crippen molar-refractivity contribution in [1.82, 2.24) is 5.32 Å². The molecule has 0 fully saturated rings. The largest absolute Gasteiger partial charge is 0.313 e. The number of nitrogens with zero attached hydrogens (tertiary/aromatic N) is 1. The fourth-order valence-electron chi connectivity index (χ4n) is 0.962. The van der Waals surface area contributed by atoms with E-state index in [9.17, 15) is 0 Å². The molecule has 64 valence electrons. The third-order valence-corrected chi connectivity index (χ3v) is 2.82. The maximum atomic E-state index is 8.47. The number of thiophene rings is 1. The summed E-state index contributed by atoms with van der Waals surface area (Å²) in [7, 11) is 1.94. The van der Waals surface area contributed by atoms with Gasteiger partial charge in [-0.2, -0.15) is 5.26 Å². The first-order chi connectivity index (χ1) is 5.77. The van der Waals surface area contributed by atoms with Crippen LogP contribution in [-0.2, 0) is 6.42 Å². The average Bonchev–Trinajstić information content (AvgIpc) is 2.52. The summed E-state index contributed by atoms with van der Waals surface area (Å²) in [6.45, 7) is 2.11. The van der Waals surface area contributed by atoms with Gasteiger partial charge in [-0.25, -0.2) is 0 Å². The Hall–Kier alpha value is -0.850. The molecule has 1 rings (SSSR count). The molecular weight excluding hydrogens is 168 g/mol. The SMILES string of the molecule is CNC(C)c1csc(CC#N)c1. The van der Waals surface area contributed by atoms with Gasteiger partial charge in [0.2, 0.25) is 0 Å². The topological polar surface area (TPSA) is 35.8 Å². The van der Waals surface area contributed by atoms with E-state index in [0.717, 1.165) is 4.88 Å². The van der Waals surface area contributed by atoms with E-state index in [0.29, 0.717) is 12.5 Å². The van der Waals surface area contributed by atoms with Crippen LogP contribution in [0.15, 0.2) is 11.4 Å². The van der Waals surface area contributed by atoms with Crippen molar-refractivity contribution in [2.45, 2.75) is 19.4 Å². The van der Waals surface area contributed by atoms with Gasteiger partial charge < -0.3 is 5.32 Å². The van der Waals surface area contributed by atoms with Crippen LogP contribution in [0.4, 0.5) is 0 Å². The number of nitriles is 1. The highest BCUT2D eigenvalue weighted by molar-refractivity contribution is 7.10. The molecule has 0 aliphatic heterocycles. The van der Waals surface area contributed by atoms with Crippen molar-refractivity contribution < 1.29 is 0 Å². The first-order valence-electron chi connectivity index (χ1n) is 3.89. The highest BCUT2D eigenvalue weighted by atomic mass is 32.1. The van der Waals surface area contributed by atoms with Crippen molar-refractivity contribution in [2.24, 2.45) is 0 Å². The Balaban J connectivity index is 2.71. The van der Waals surface area contributed by atoms with E-state index in [-0.39, 0.29) is 0 Å². The first kappa shape index (κ1) is 9.24. The van der Waals surface area contributed by atoms with Gasteiger partial charge >= 0.3 is 0 Å². The standard InChI is InChI=1S/C9H12N2S/c1-7(11-2)8-5-9(3-4-10)12-6-8/h5-7,11H,3H2,1-2H3. The fourth-order valence-corrected chi connectivity index (χ4v) is 1.87. The normalized spacial score (nSPS) is 12.4. The van der Waals surface area contributed by atoms with Crippen molar-refractivity contribution in [1.29, 1.82) is 5.26 Å². The van der Waals surface area contributed by atoms with Gasteiger partial charge in [-0.05, 0) is 31.0 Å². The molecule has 0 aromatic carbocycles. The van der Waals surface area contributed by atoms with Crippen LogP contribution in [0, 0.1) is 11.3 Å². The zero-order chi connectivity index (χ0) is 8.97. The van der Waals surface area contributed by atoms with Gasteiger partial charge in [-0.15, -0.1) is 11.3 Å². The van der Waals surface area contributed by atoms with E-state index >= 15 is 0 Å². The van der Waals surface area contributed by atoms with Crippen LogP contribution in [0.25, 0.3) is 0 Å². The minimum Gasteiger partial charge on any atom is -0.313 e. The summed E-state index contributed by atoms with van der Waals surface area (Å²) < 4.78 is 0. The zero-order valence-electron chi connectivity index (χ0n) is 7.29. The molecule has 0 spiro atoms. The molecule has 0 aliphatic carbocycles. The zero-order valence-corrected chi connectivity index (χ0v) is 8.11. The van der Waals surface area contributed by atoms with Crippen LogP contribution in [0.5, 0.6) is 0 Å². The number of nitrogens with one attached hydrogen (secondary N) is 1. The van der Waals surface area contributed by atoms with Gasteiger partial charge in [0, 0.05) is 10.9 Å². The third kappa shape index (κ3) is 2.07. The number of hydrogen-bond acceptors (Lipinski definition) is 3. The molecule has 0 bridgehead atoms. The second kappa shape index (κ2) is 4.24. The van der Waals surface area contributed by atoms with E-state index in [2.05, 4.69) is 29.8 Å². The lowest BCUT2D eigenvalue weighted by atomic mass is 10.1. The molecule has 12 heavy (non-hydrogen) atoms. The van der Waals surface area contributed by atoms with Crippen LogP contribution in [0.2, 0.25) is 0 Å². The Kier molecular flexibility index (Phi) is 3.27. The minimum atomic E-state index is 0.383. The molecule has 3 heteroatoms. The molecule has 1 unspecified atom stereocenters. The average molecular weight is 180 g/mol. The fraction of sp³-hybridized carbons (Fsp3) is 0.444. The van der Waals surface area contributed by atoms with E-state index in [1.165, 1.54) is 5.56 Å². The number of rotatable bonds is 3. The minimum absolute atomic E-state index is 0.383. The molecule has 1 aromatic rings. The maximum absolute atomic E-state index is 8.47. The Morgan fingerprint density at radius 1 is 1.75 bits per heavy atom. The molecule has 1 N–H and O–H groups in total. The van der Waals surface area contributed by atoms with Crippen molar-refractivity contribution in [3.8, 4) is 6.07 Å². The predicted octanol–water partition coefficient (Wildman–Crippen LogP) is 2.09. The Morgan fingerprint density at radius 2 is 2.50 bits per heavy atom. The summed E-state index contributed by atoms with van der Waals surface area (Å²) in [6, 6.07) is 4.62. The van der Waals surface area contributed by atoms with Crippen molar-refractivity contribution in [3.63, 3.8) is 0 Å². The van der Waals surface area contributed by atoms with E-state index in [4.69, 9.17) is 5.26 Å². The molecular formula is C9H12N2S. The number of hydrogen-bond donors (Lipinski definition) is 1. The second-order valence-electron chi connectivity index (χ2n) is 2.69. The van der Waals surface area contributed by atoms with E-state index in [1.807, 2.05) is 7.05 Å². The van der Waals surface area contributed by atoms with Gasteiger partial charge in [-0.3, -0.25) is 0 Å². The lowest BCUT2D eigenvalue weighted by Crippen LogP contribution is -2.11. The van der Waals surface area contributed by atoms with Crippen LogP contribution in [0.1, 0.15) is 23.4 Å². The molecule has 0 saturated carbocycles. The second-order valence-corrected chi connectivity index (χ2v) is 3.69. The molecule has 0 aliphatic rings. The third-order valence-electron chi connectivity index (χ3n) is 1.86. The first-order valence-corrected chi connectivity index (χ1v) is 4.77. The molecule has 0 saturated heterocycles.